The Kier molecular flexibility index (Phi) is 2.85. The number of nitrogens with zero attached hydrogens (tertiary/aromatic N) is 4. The molecular weight excluding hydrogens is 264 g/mol. The Morgan fingerprint density at radius 1 is 1.00 bits per heavy atom. The topological polar surface area (TPSA) is 79.4 Å². The maximum atomic E-state index is 4.35. The van der Waals surface area contributed by atoms with Crippen LogP contribution in [0.4, 0.5) is 5.95 Å². The first-order valence-corrected chi connectivity index (χ1v) is 6.89. The smallest absolute Gasteiger partial charge is 0.222 e. The van der Waals surface area contributed by atoms with E-state index in [9.17, 15) is 0 Å². The zero-order chi connectivity index (χ0) is 14.1. The van der Waals surface area contributed by atoms with Gasteiger partial charge in [-0.15, -0.1) is 0 Å². The van der Waals surface area contributed by atoms with E-state index in [1.165, 1.54) is 17.5 Å². The SMILES string of the molecule is c1ccc2c(c1)CC(Nc1ncc(-c3ncn[nH]3)cn1)C2. The lowest BCUT2D eigenvalue weighted by molar-refractivity contribution is 0.761. The summed E-state index contributed by atoms with van der Waals surface area (Å²) in [6.07, 6.45) is 7.00. The lowest BCUT2D eigenvalue weighted by Gasteiger charge is -2.11. The fraction of sp³-hybridized carbons (Fsp3) is 0.200. The third-order valence-electron chi connectivity index (χ3n) is 3.72. The first-order chi connectivity index (χ1) is 10.4. The van der Waals surface area contributed by atoms with Crippen LogP contribution in [0.15, 0.2) is 43.0 Å². The largest absolute Gasteiger partial charge is 0.351 e. The molecular formula is C15H14N6. The van der Waals surface area contributed by atoms with Crippen molar-refractivity contribution in [3.63, 3.8) is 0 Å². The number of hydrogen-bond acceptors (Lipinski definition) is 5. The highest BCUT2D eigenvalue weighted by molar-refractivity contribution is 5.52. The third kappa shape index (κ3) is 2.35. The Morgan fingerprint density at radius 3 is 2.33 bits per heavy atom. The van der Waals surface area contributed by atoms with Crippen molar-refractivity contribution in [2.45, 2.75) is 18.9 Å². The molecule has 0 radical (unpaired) electrons. The standard InChI is InChI=1S/C15H14N6/c1-2-4-11-6-13(5-10(11)3-1)20-15-16-7-12(8-17-15)14-18-9-19-21-14/h1-4,7-9,13H,5-6H2,(H,16,17,20)(H,18,19,21). The number of hydrogen-bond donors (Lipinski definition) is 2. The summed E-state index contributed by atoms with van der Waals surface area (Å²) in [6, 6.07) is 8.90. The Bertz CT molecular complexity index is 710. The average molecular weight is 278 g/mol. The van der Waals surface area contributed by atoms with E-state index in [-0.39, 0.29) is 0 Å². The molecule has 2 aromatic heterocycles. The van der Waals surface area contributed by atoms with Gasteiger partial charge in [0.1, 0.15) is 6.33 Å². The van der Waals surface area contributed by atoms with Crippen LogP contribution in [-0.2, 0) is 12.8 Å². The minimum absolute atomic E-state index is 0.360. The summed E-state index contributed by atoms with van der Waals surface area (Å²) in [5, 5.41) is 10.0. The van der Waals surface area contributed by atoms with Gasteiger partial charge < -0.3 is 5.32 Å². The lowest BCUT2D eigenvalue weighted by Crippen LogP contribution is -2.20. The van der Waals surface area contributed by atoms with E-state index in [1.54, 1.807) is 12.4 Å². The maximum absolute atomic E-state index is 4.35. The molecule has 6 heteroatoms. The average Bonchev–Trinajstić information content (AvgIpc) is 3.17. The van der Waals surface area contributed by atoms with Gasteiger partial charge in [-0.05, 0) is 24.0 Å². The Hall–Kier alpha value is -2.76. The molecule has 2 heterocycles. The fourth-order valence-corrected chi connectivity index (χ4v) is 2.71. The van der Waals surface area contributed by atoms with Gasteiger partial charge in [-0.3, -0.25) is 5.10 Å². The van der Waals surface area contributed by atoms with E-state index in [1.807, 2.05) is 0 Å². The number of nitrogens with one attached hydrogen (secondary N) is 2. The van der Waals surface area contributed by atoms with Crippen LogP contribution in [0.1, 0.15) is 11.1 Å². The zero-order valence-corrected chi connectivity index (χ0v) is 11.3. The molecule has 0 unspecified atom stereocenters. The van der Waals surface area contributed by atoms with E-state index in [0.29, 0.717) is 17.8 Å². The monoisotopic (exact) mass is 278 g/mol. The highest BCUT2D eigenvalue weighted by Crippen LogP contribution is 2.23. The molecule has 0 saturated heterocycles. The molecule has 0 fully saturated rings. The van der Waals surface area contributed by atoms with Crippen molar-refractivity contribution in [2.75, 3.05) is 5.32 Å². The van der Waals surface area contributed by atoms with E-state index in [0.717, 1.165) is 18.4 Å². The van der Waals surface area contributed by atoms with Gasteiger partial charge >= 0.3 is 0 Å². The summed E-state index contributed by atoms with van der Waals surface area (Å²) in [5.74, 6) is 1.32. The predicted molar refractivity (Wildman–Crippen MR) is 78.7 cm³/mol. The van der Waals surface area contributed by atoms with Crippen LogP contribution in [0.5, 0.6) is 0 Å². The molecule has 0 saturated carbocycles. The van der Waals surface area contributed by atoms with E-state index >= 15 is 0 Å². The first kappa shape index (κ1) is 12.0. The highest BCUT2D eigenvalue weighted by atomic mass is 15.2. The normalized spacial score (nSPS) is 14.1. The summed E-state index contributed by atoms with van der Waals surface area (Å²) in [6.45, 7) is 0. The fourth-order valence-electron chi connectivity index (χ4n) is 2.71. The van der Waals surface area contributed by atoms with Crippen molar-refractivity contribution in [1.82, 2.24) is 25.1 Å². The molecule has 1 aliphatic carbocycles. The predicted octanol–water partition coefficient (Wildman–Crippen LogP) is 1.84. The number of aromatic amines is 1. The van der Waals surface area contributed by atoms with Crippen molar-refractivity contribution >= 4 is 5.95 Å². The van der Waals surface area contributed by atoms with E-state index in [2.05, 4.69) is 54.7 Å². The number of anilines is 1. The summed E-state index contributed by atoms with van der Waals surface area (Å²) >= 11 is 0. The van der Waals surface area contributed by atoms with Crippen molar-refractivity contribution < 1.29 is 0 Å². The summed E-state index contributed by atoms with van der Waals surface area (Å²) in [5.41, 5.74) is 3.65. The molecule has 0 amide bonds. The molecule has 0 atom stereocenters. The van der Waals surface area contributed by atoms with E-state index in [4.69, 9.17) is 0 Å². The van der Waals surface area contributed by atoms with Gasteiger partial charge in [-0.25, -0.2) is 15.0 Å². The van der Waals surface area contributed by atoms with Crippen LogP contribution in [0.3, 0.4) is 0 Å². The van der Waals surface area contributed by atoms with Gasteiger partial charge in [0.05, 0.1) is 5.56 Å². The third-order valence-corrected chi connectivity index (χ3v) is 3.72. The van der Waals surface area contributed by atoms with Crippen LogP contribution in [0.25, 0.3) is 11.4 Å². The second kappa shape index (κ2) is 4.97. The molecule has 6 nitrogen and oxygen atoms in total. The number of rotatable bonds is 3. The van der Waals surface area contributed by atoms with Gasteiger partial charge in [0.15, 0.2) is 5.82 Å². The molecule has 3 aromatic rings. The molecule has 21 heavy (non-hydrogen) atoms. The van der Waals surface area contributed by atoms with Crippen LogP contribution in [0.2, 0.25) is 0 Å². The Morgan fingerprint density at radius 2 is 1.71 bits per heavy atom. The van der Waals surface area contributed by atoms with Crippen LogP contribution < -0.4 is 5.32 Å². The lowest BCUT2D eigenvalue weighted by atomic mass is 10.1. The first-order valence-electron chi connectivity index (χ1n) is 6.89. The molecule has 1 aromatic carbocycles. The van der Waals surface area contributed by atoms with Crippen molar-refractivity contribution in [3.05, 3.63) is 54.1 Å². The summed E-state index contributed by atoms with van der Waals surface area (Å²) in [4.78, 5) is 12.8. The second-order valence-electron chi connectivity index (χ2n) is 5.15. The molecule has 0 spiro atoms. The van der Waals surface area contributed by atoms with Crippen LogP contribution in [0, 0.1) is 0 Å². The molecule has 0 aliphatic heterocycles. The number of aromatic nitrogens is 5. The second-order valence-corrected chi connectivity index (χ2v) is 5.15. The van der Waals surface area contributed by atoms with Crippen LogP contribution in [-0.4, -0.2) is 31.2 Å². The maximum Gasteiger partial charge on any atom is 0.222 e. The molecule has 104 valence electrons. The van der Waals surface area contributed by atoms with Gasteiger partial charge in [0.2, 0.25) is 5.95 Å². The summed E-state index contributed by atoms with van der Waals surface area (Å²) in [7, 11) is 0. The number of fused-ring (bicyclic) bond motifs is 1. The van der Waals surface area contributed by atoms with Gasteiger partial charge in [0.25, 0.3) is 0 Å². The van der Waals surface area contributed by atoms with Gasteiger partial charge in [0, 0.05) is 18.4 Å². The molecule has 1 aliphatic rings. The van der Waals surface area contributed by atoms with Gasteiger partial charge in [-0.1, -0.05) is 24.3 Å². The minimum atomic E-state index is 0.360. The Labute approximate surface area is 121 Å². The zero-order valence-electron chi connectivity index (χ0n) is 11.3. The molecule has 0 bridgehead atoms. The quantitative estimate of drug-likeness (QED) is 0.764. The molecule has 4 rings (SSSR count). The van der Waals surface area contributed by atoms with Crippen molar-refractivity contribution in [2.24, 2.45) is 0 Å². The van der Waals surface area contributed by atoms with E-state index < -0.39 is 0 Å². The highest BCUT2D eigenvalue weighted by Gasteiger charge is 2.21. The van der Waals surface area contributed by atoms with Gasteiger partial charge in [-0.2, -0.15) is 5.10 Å². The molecule has 2 N–H and O–H groups in total. The summed E-state index contributed by atoms with van der Waals surface area (Å²) < 4.78 is 0. The number of benzene rings is 1. The number of H-pyrrole nitrogens is 1. The minimum Gasteiger partial charge on any atom is -0.351 e. The van der Waals surface area contributed by atoms with Crippen LogP contribution >= 0.6 is 0 Å². The van der Waals surface area contributed by atoms with Crippen molar-refractivity contribution in [1.29, 1.82) is 0 Å². The Balaban J connectivity index is 1.47. The van der Waals surface area contributed by atoms with Crippen molar-refractivity contribution in [3.8, 4) is 11.4 Å².